The largest absolute Gasteiger partial charge is 0.383 e. The Labute approximate surface area is 123 Å². The lowest BCUT2D eigenvalue weighted by Gasteiger charge is -2.30. The number of aromatic nitrogens is 2. The van der Waals surface area contributed by atoms with Gasteiger partial charge in [0.05, 0.1) is 5.52 Å². The number of nitrogens with one attached hydrogen (secondary N) is 1. The minimum absolute atomic E-state index is 0.187. The number of anilines is 2. The Kier molecular flexibility index (Phi) is 3.63. The second-order valence-electron chi connectivity index (χ2n) is 5.33. The molecule has 0 amide bonds. The van der Waals surface area contributed by atoms with E-state index in [0.717, 1.165) is 42.5 Å². The van der Waals surface area contributed by atoms with E-state index in [9.17, 15) is 0 Å². The van der Waals surface area contributed by atoms with Crippen molar-refractivity contribution in [1.82, 2.24) is 14.9 Å². The second kappa shape index (κ2) is 5.42. The van der Waals surface area contributed by atoms with Crippen LogP contribution in [0.4, 0.5) is 11.5 Å². The molecule has 0 radical (unpaired) electrons. The number of rotatable bonds is 2. The lowest BCUT2D eigenvalue weighted by Crippen LogP contribution is -2.36. The number of likely N-dealkylation sites (tertiary alicyclic amines) is 1. The van der Waals surface area contributed by atoms with E-state index in [1.54, 1.807) is 0 Å². The number of nitrogens with zero attached hydrogens (tertiary/aromatic N) is 3. The number of fused-ring (bicyclic) bond motifs is 1. The van der Waals surface area contributed by atoms with Gasteiger partial charge in [0.25, 0.3) is 0 Å². The molecule has 2 aromatic rings. The summed E-state index contributed by atoms with van der Waals surface area (Å²) in [5.74, 6) is 0.422. The topological polar surface area (TPSA) is 67.1 Å². The molecule has 1 fully saturated rings. The summed E-state index contributed by atoms with van der Waals surface area (Å²) in [6.45, 7) is 2.26. The Morgan fingerprint density at radius 1 is 1.30 bits per heavy atom. The molecule has 0 atom stereocenters. The maximum Gasteiger partial charge on any atom is 0.224 e. The zero-order valence-electron chi connectivity index (χ0n) is 11.4. The molecular formula is C14H18ClN5. The number of halogens is 1. The van der Waals surface area contributed by atoms with Gasteiger partial charge in [-0.15, -0.1) is 0 Å². The third-order valence-electron chi connectivity index (χ3n) is 3.79. The second-order valence-corrected chi connectivity index (χ2v) is 5.67. The minimum atomic E-state index is 0.187. The van der Waals surface area contributed by atoms with Crippen LogP contribution in [0.15, 0.2) is 18.2 Å². The standard InChI is InChI=1S/C14H18ClN5/c1-20-6-4-9(5-7-20)17-10-2-3-11-12(8-10)18-14(15)19-13(11)16/h2-3,8-9,17H,4-7H2,1H3,(H2,16,18,19). The summed E-state index contributed by atoms with van der Waals surface area (Å²) >= 11 is 5.86. The monoisotopic (exact) mass is 291 g/mol. The molecule has 0 aliphatic carbocycles. The van der Waals surface area contributed by atoms with Gasteiger partial charge in [-0.3, -0.25) is 0 Å². The van der Waals surface area contributed by atoms with Crippen molar-refractivity contribution >= 4 is 34.0 Å². The van der Waals surface area contributed by atoms with Crippen molar-refractivity contribution in [2.75, 3.05) is 31.2 Å². The van der Waals surface area contributed by atoms with Gasteiger partial charge in [-0.05, 0) is 62.8 Å². The Hall–Kier alpha value is -1.59. The Morgan fingerprint density at radius 2 is 2.05 bits per heavy atom. The van der Waals surface area contributed by atoms with E-state index in [0.29, 0.717) is 11.9 Å². The normalized spacial score (nSPS) is 17.5. The van der Waals surface area contributed by atoms with Crippen LogP contribution in [0.1, 0.15) is 12.8 Å². The van der Waals surface area contributed by atoms with E-state index >= 15 is 0 Å². The fourth-order valence-electron chi connectivity index (χ4n) is 2.60. The molecule has 20 heavy (non-hydrogen) atoms. The molecule has 6 heteroatoms. The third kappa shape index (κ3) is 2.78. The molecule has 0 unspecified atom stereocenters. The minimum Gasteiger partial charge on any atom is -0.383 e. The molecule has 3 N–H and O–H groups in total. The van der Waals surface area contributed by atoms with Crippen LogP contribution in [0.2, 0.25) is 5.28 Å². The molecule has 3 rings (SSSR count). The first kappa shape index (κ1) is 13.4. The number of hydrogen-bond donors (Lipinski definition) is 2. The van der Waals surface area contributed by atoms with Crippen LogP contribution in [0, 0.1) is 0 Å². The molecule has 1 saturated heterocycles. The van der Waals surface area contributed by atoms with Gasteiger partial charge in [0, 0.05) is 17.1 Å². The highest BCUT2D eigenvalue weighted by molar-refractivity contribution is 6.28. The quantitative estimate of drug-likeness (QED) is 0.832. The van der Waals surface area contributed by atoms with Crippen LogP contribution in [-0.2, 0) is 0 Å². The van der Waals surface area contributed by atoms with Crippen molar-refractivity contribution in [3.63, 3.8) is 0 Å². The van der Waals surface area contributed by atoms with Gasteiger partial charge in [0.15, 0.2) is 0 Å². The Balaban J connectivity index is 1.82. The van der Waals surface area contributed by atoms with Gasteiger partial charge in [0.2, 0.25) is 5.28 Å². The summed E-state index contributed by atoms with van der Waals surface area (Å²) in [5, 5.41) is 4.58. The van der Waals surface area contributed by atoms with E-state index in [-0.39, 0.29) is 5.28 Å². The van der Waals surface area contributed by atoms with Crippen molar-refractivity contribution < 1.29 is 0 Å². The van der Waals surface area contributed by atoms with Gasteiger partial charge in [-0.25, -0.2) is 9.97 Å². The van der Waals surface area contributed by atoms with Crippen LogP contribution < -0.4 is 11.1 Å². The molecule has 1 aliphatic rings. The smallest absolute Gasteiger partial charge is 0.224 e. The molecule has 5 nitrogen and oxygen atoms in total. The number of piperidine rings is 1. The van der Waals surface area contributed by atoms with E-state index in [2.05, 4.69) is 27.2 Å². The van der Waals surface area contributed by atoms with Gasteiger partial charge in [-0.2, -0.15) is 0 Å². The van der Waals surface area contributed by atoms with Gasteiger partial charge in [-0.1, -0.05) is 0 Å². The SMILES string of the molecule is CN1CCC(Nc2ccc3c(N)nc(Cl)nc3c2)CC1. The van der Waals surface area contributed by atoms with Gasteiger partial charge in [0.1, 0.15) is 5.82 Å². The average Bonchev–Trinajstić information content (AvgIpc) is 2.41. The van der Waals surface area contributed by atoms with Crippen LogP contribution in [0.5, 0.6) is 0 Å². The summed E-state index contributed by atoms with van der Waals surface area (Å²) < 4.78 is 0. The fraction of sp³-hybridized carbons (Fsp3) is 0.429. The molecule has 1 aliphatic heterocycles. The maximum atomic E-state index is 5.86. The summed E-state index contributed by atoms with van der Waals surface area (Å²) in [5.41, 5.74) is 7.68. The number of hydrogen-bond acceptors (Lipinski definition) is 5. The third-order valence-corrected chi connectivity index (χ3v) is 3.96. The molecule has 0 saturated carbocycles. The van der Waals surface area contributed by atoms with Crippen molar-refractivity contribution in [2.24, 2.45) is 0 Å². The van der Waals surface area contributed by atoms with Crippen molar-refractivity contribution in [3.8, 4) is 0 Å². The Morgan fingerprint density at radius 3 is 2.80 bits per heavy atom. The number of benzene rings is 1. The maximum absolute atomic E-state index is 5.86. The van der Waals surface area contributed by atoms with E-state index < -0.39 is 0 Å². The summed E-state index contributed by atoms with van der Waals surface area (Å²) in [7, 11) is 2.16. The lowest BCUT2D eigenvalue weighted by atomic mass is 10.0. The highest BCUT2D eigenvalue weighted by Gasteiger charge is 2.16. The molecule has 1 aromatic heterocycles. The lowest BCUT2D eigenvalue weighted by molar-refractivity contribution is 0.264. The first-order valence-electron chi connectivity index (χ1n) is 6.79. The number of nitrogens with two attached hydrogens (primary N) is 1. The van der Waals surface area contributed by atoms with Gasteiger partial charge < -0.3 is 16.0 Å². The van der Waals surface area contributed by atoms with Crippen LogP contribution >= 0.6 is 11.6 Å². The van der Waals surface area contributed by atoms with Crippen molar-refractivity contribution in [2.45, 2.75) is 18.9 Å². The summed E-state index contributed by atoms with van der Waals surface area (Å²) in [6, 6.07) is 6.46. The fourth-order valence-corrected chi connectivity index (χ4v) is 2.79. The van der Waals surface area contributed by atoms with Crippen LogP contribution in [0.3, 0.4) is 0 Å². The van der Waals surface area contributed by atoms with E-state index in [4.69, 9.17) is 17.3 Å². The molecule has 106 valence electrons. The van der Waals surface area contributed by atoms with Crippen LogP contribution in [0.25, 0.3) is 10.9 Å². The zero-order valence-corrected chi connectivity index (χ0v) is 12.2. The number of nitrogen functional groups attached to an aromatic ring is 1. The molecule has 2 heterocycles. The summed E-state index contributed by atoms with van der Waals surface area (Å²) in [6.07, 6.45) is 2.31. The molecular weight excluding hydrogens is 274 g/mol. The average molecular weight is 292 g/mol. The van der Waals surface area contributed by atoms with Gasteiger partial charge >= 0.3 is 0 Å². The summed E-state index contributed by atoms with van der Waals surface area (Å²) in [4.78, 5) is 10.5. The van der Waals surface area contributed by atoms with Crippen molar-refractivity contribution in [1.29, 1.82) is 0 Å². The van der Waals surface area contributed by atoms with Crippen LogP contribution in [-0.4, -0.2) is 41.0 Å². The highest BCUT2D eigenvalue weighted by atomic mass is 35.5. The predicted octanol–water partition coefficient (Wildman–Crippen LogP) is 2.37. The Bertz CT molecular complexity index is 622. The predicted molar refractivity (Wildman–Crippen MR) is 83.1 cm³/mol. The first-order chi connectivity index (χ1) is 9.61. The van der Waals surface area contributed by atoms with E-state index in [1.165, 1.54) is 0 Å². The van der Waals surface area contributed by atoms with Crippen molar-refractivity contribution in [3.05, 3.63) is 23.5 Å². The highest BCUT2D eigenvalue weighted by Crippen LogP contribution is 2.24. The zero-order chi connectivity index (χ0) is 14.1. The molecule has 1 aromatic carbocycles. The first-order valence-corrected chi connectivity index (χ1v) is 7.17. The molecule has 0 spiro atoms. The molecule has 0 bridgehead atoms. The van der Waals surface area contributed by atoms with E-state index in [1.807, 2.05) is 18.2 Å².